The first-order valence-electron chi connectivity index (χ1n) is 4.64. The molecule has 0 aliphatic rings. The fraction of sp³-hybridized carbons (Fsp3) is 0.364. The van der Waals surface area contributed by atoms with Gasteiger partial charge in [-0.2, -0.15) is 5.48 Å². The normalized spacial score (nSPS) is 10.9. The van der Waals surface area contributed by atoms with E-state index in [1.807, 2.05) is 44.2 Å². The van der Waals surface area contributed by atoms with Gasteiger partial charge in [-0.15, -0.1) is 0 Å². The maximum Gasteiger partial charge on any atom is 0.432 e. The van der Waals surface area contributed by atoms with E-state index in [1.165, 1.54) is 7.11 Å². The molecule has 1 N–H and O–H groups in total. The molecule has 0 bridgehead atoms. The Morgan fingerprint density at radius 2 is 1.87 bits per heavy atom. The molecule has 0 saturated carbocycles. The molecule has 1 rings (SSSR count). The summed E-state index contributed by atoms with van der Waals surface area (Å²) in [5, 5.41) is 0. The average molecular weight is 209 g/mol. The third-order valence-corrected chi connectivity index (χ3v) is 2.00. The number of benzene rings is 1. The third kappa shape index (κ3) is 3.25. The molecule has 1 aromatic carbocycles. The van der Waals surface area contributed by atoms with E-state index >= 15 is 0 Å². The summed E-state index contributed by atoms with van der Waals surface area (Å²) in [4.78, 5) is 15.6. The van der Waals surface area contributed by atoms with Crippen LogP contribution in [0.4, 0.5) is 4.79 Å². The Balaban J connectivity index is 2.71. The van der Waals surface area contributed by atoms with E-state index in [1.54, 1.807) is 0 Å². The van der Waals surface area contributed by atoms with Gasteiger partial charge in [-0.25, -0.2) is 4.79 Å². The van der Waals surface area contributed by atoms with Gasteiger partial charge in [-0.3, -0.25) is 4.84 Å². The van der Waals surface area contributed by atoms with Crippen molar-refractivity contribution in [3.63, 3.8) is 0 Å². The fourth-order valence-corrected chi connectivity index (χ4v) is 1.23. The molecule has 1 amide bonds. The van der Waals surface area contributed by atoms with Gasteiger partial charge < -0.3 is 4.74 Å². The lowest BCUT2D eigenvalue weighted by molar-refractivity contribution is -0.00225. The Morgan fingerprint density at radius 3 is 2.40 bits per heavy atom. The van der Waals surface area contributed by atoms with Crippen LogP contribution in [0.15, 0.2) is 30.3 Å². The van der Waals surface area contributed by atoms with Gasteiger partial charge in [0.25, 0.3) is 0 Å². The molecular weight excluding hydrogens is 194 g/mol. The summed E-state index contributed by atoms with van der Waals surface area (Å²) < 4.78 is 5.19. The zero-order valence-electron chi connectivity index (χ0n) is 9.11. The Morgan fingerprint density at radius 1 is 1.27 bits per heavy atom. The first-order valence-corrected chi connectivity index (χ1v) is 4.64. The number of amides is 1. The summed E-state index contributed by atoms with van der Waals surface area (Å²) in [5.74, 6) is 0. The van der Waals surface area contributed by atoms with Crippen molar-refractivity contribution in [1.82, 2.24) is 5.48 Å². The molecule has 1 aromatic rings. The van der Waals surface area contributed by atoms with Gasteiger partial charge in [0.05, 0.1) is 7.11 Å². The quantitative estimate of drug-likeness (QED) is 0.776. The topological polar surface area (TPSA) is 47.6 Å². The van der Waals surface area contributed by atoms with Crippen molar-refractivity contribution in [2.24, 2.45) is 0 Å². The van der Waals surface area contributed by atoms with Gasteiger partial charge in [0.2, 0.25) is 0 Å². The van der Waals surface area contributed by atoms with Crippen LogP contribution in [0.1, 0.15) is 19.4 Å². The number of carbonyl (C=O) groups excluding carboxylic acids is 1. The number of nitrogens with one attached hydrogen (secondary N) is 1. The van der Waals surface area contributed by atoms with Crippen molar-refractivity contribution in [1.29, 1.82) is 0 Å². The zero-order valence-corrected chi connectivity index (χ0v) is 9.11. The molecule has 4 nitrogen and oxygen atoms in total. The number of hydrogen-bond acceptors (Lipinski definition) is 3. The molecular formula is C11H15NO3. The maximum absolute atomic E-state index is 11.2. The van der Waals surface area contributed by atoms with Gasteiger partial charge >= 0.3 is 6.09 Å². The van der Waals surface area contributed by atoms with Crippen molar-refractivity contribution >= 4 is 6.09 Å². The Hall–Kier alpha value is -1.55. The molecule has 82 valence electrons. The van der Waals surface area contributed by atoms with Crippen LogP contribution in [0.25, 0.3) is 0 Å². The summed E-state index contributed by atoms with van der Waals surface area (Å²) in [6, 6.07) is 9.51. The van der Waals surface area contributed by atoms with Gasteiger partial charge in [0, 0.05) is 0 Å². The molecule has 0 aliphatic carbocycles. The summed E-state index contributed by atoms with van der Waals surface area (Å²) in [6.45, 7) is 3.63. The lowest BCUT2D eigenvalue weighted by Gasteiger charge is -2.25. The molecule has 0 saturated heterocycles. The first kappa shape index (κ1) is 11.5. The second-order valence-corrected chi connectivity index (χ2v) is 3.57. The van der Waals surface area contributed by atoms with E-state index in [2.05, 4.69) is 10.3 Å². The second kappa shape index (κ2) is 4.79. The number of rotatable bonds is 3. The molecule has 0 radical (unpaired) electrons. The smallest absolute Gasteiger partial charge is 0.432 e. The number of hydrogen-bond donors (Lipinski definition) is 1. The van der Waals surface area contributed by atoms with E-state index in [4.69, 9.17) is 4.74 Å². The molecule has 0 heterocycles. The average Bonchev–Trinajstić information content (AvgIpc) is 2.18. The van der Waals surface area contributed by atoms with E-state index in [0.29, 0.717) is 0 Å². The minimum atomic E-state index is -0.677. The van der Waals surface area contributed by atoms with E-state index in [9.17, 15) is 4.79 Å². The first-order chi connectivity index (χ1) is 7.06. The lowest BCUT2D eigenvalue weighted by atomic mass is 9.98. The van der Waals surface area contributed by atoms with Crippen LogP contribution in [-0.4, -0.2) is 13.2 Å². The highest BCUT2D eigenvalue weighted by molar-refractivity contribution is 5.66. The fourth-order valence-electron chi connectivity index (χ4n) is 1.23. The van der Waals surface area contributed by atoms with Crippen molar-refractivity contribution < 1.29 is 14.4 Å². The Bertz CT molecular complexity index is 322. The number of ether oxygens (including phenoxy) is 1. The van der Waals surface area contributed by atoms with E-state index in [-0.39, 0.29) is 0 Å². The SMILES string of the molecule is CONC(=O)OC(C)(C)c1ccccc1. The lowest BCUT2D eigenvalue weighted by Crippen LogP contribution is -2.32. The monoisotopic (exact) mass is 209 g/mol. The van der Waals surface area contributed by atoms with E-state index < -0.39 is 11.7 Å². The summed E-state index contributed by atoms with van der Waals surface area (Å²) in [6.07, 6.45) is -0.605. The van der Waals surface area contributed by atoms with Crippen LogP contribution in [-0.2, 0) is 15.2 Å². The van der Waals surface area contributed by atoms with Crippen LogP contribution in [0.2, 0.25) is 0 Å². The number of hydroxylamine groups is 1. The van der Waals surface area contributed by atoms with E-state index in [0.717, 1.165) is 5.56 Å². The van der Waals surface area contributed by atoms with Crippen LogP contribution in [0.5, 0.6) is 0 Å². The van der Waals surface area contributed by atoms with Crippen LogP contribution in [0.3, 0.4) is 0 Å². The zero-order chi connectivity index (χ0) is 11.3. The van der Waals surface area contributed by atoms with Gasteiger partial charge in [0.15, 0.2) is 0 Å². The predicted molar refractivity (Wildman–Crippen MR) is 56.1 cm³/mol. The molecule has 0 aliphatic heterocycles. The minimum Gasteiger partial charge on any atom is -0.437 e. The number of carbonyl (C=O) groups is 1. The summed E-state index contributed by atoms with van der Waals surface area (Å²) in [5.41, 5.74) is 2.36. The highest BCUT2D eigenvalue weighted by Gasteiger charge is 2.24. The van der Waals surface area contributed by atoms with Gasteiger partial charge in [-0.05, 0) is 19.4 Å². The highest BCUT2D eigenvalue weighted by atomic mass is 16.7. The van der Waals surface area contributed by atoms with Crippen LogP contribution in [0, 0.1) is 0 Å². The maximum atomic E-state index is 11.2. The van der Waals surface area contributed by atoms with Crippen LogP contribution >= 0.6 is 0 Å². The molecule has 15 heavy (non-hydrogen) atoms. The third-order valence-electron chi connectivity index (χ3n) is 2.00. The van der Waals surface area contributed by atoms with Gasteiger partial charge in [-0.1, -0.05) is 30.3 Å². The molecule has 0 atom stereocenters. The second-order valence-electron chi connectivity index (χ2n) is 3.57. The van der Waals surface area contributed by atoms with Crippen molar-refractivity contribution in [2.75, 3.05) is 7.11 Å². The molecule has 0 aromatic heterocycles. The molecule has 0 fully saturated rings. The van der Waals surface area contributed by atoms with Crippen LogP contribution < -0.4 is 5.48 Å². The van der Waals surface area contributed by atoms with Crippen molar-refractivity contribution in [3.05, 3.63) is 35.9 Å². The highest BCUT2D eigenvalue weighted by Crippen LogP contribution is 2.24. The Labute approximate surface area is 89.1 Å². The van der Waals surface area contributed by atoms with Crippen molar-refractivity contribution in [3.8, 4) is 0 Å². The Kier molecular flexibility index (Phi) is 3.68. The summed E-state index contributed by atoms with van der Waals surface area (Å²) in [7, 11) is 1.36. The molecule has 0 spiro atoms. The largest absolute Gasteiger partial charge is 0.437 e. The summed E-state index contributed by atoms with van der Waals surface area (Å²) >= 11 is 0. The van der Waals surface area contributed by atoms with Crippen molar-refractivity contribution in [2.45, 2.75) is 19.4 Å². The predicted octanol–water partition coefficient (Wildman–Crippen LogP) is 2.21. The molecule has 4 heteroatoms. The minimum absolute atomic E-state index is 0.605. The standard InChI is InChI=1S/C11H15NO3/c1-11(2,15-10(13)12-14-3)9-7-5-4-6-8-9/h4-8H,1-3H3,(H,12,13). The molecule has 0 unspecified atom stereocenters. The van der Waals surface area contributed by atoms with Gasteiger partial charge in [0.1, 0.15) is 5.60 Å².